The molecule has 10 rings (SSSR count). The van der Waals surface area contributed by atoms with Crippen LogP contribution >= 0.6 is 0 Å². The maximum Gasteiger partial charge on any atom is 0.272 e. The van der Waals surface area contributed by atoms with Crippen LogP contribution in [0, 0.1) is 121 Å². The summed E-state index contributed by atoms with van der Waals surface area (Å²) in [4.78, 5) is 186. The van der Waals surface area contributed by atoms with Crippen LogP contribution in [0.3, 0.4) is 0 Å². The summed E-state index contributed by atoms with van der Waals surface area (Å²) in [5, 5.41) is 121. The van der Waals surface area contributed by atoms with E-state index in [1.165, 1.54) is 47.3 Å². The summed E-state index contributed by atoms with van der Waals surface area (Å²) in [6.45, 7) is 6.11. The van der Waals surface area contributed by atoms with Crippen LogP contribution < -0.4 is 0 Å². The minimum atomic E-state index is -2.47. The van der Waals surface area contributed by atoms with Crippen LogP contribution in [0.4, 0.5) is 0 Å². The Morgan fingerprint density at radius 1 is 0.214 bits per heavy atom. The topological polar surface area (TPSA) is 638 Å². The summed E-state index contributed by atoms with van der Waals surface area (Å²) in [5.41, 5.74) is 0. The third kappa shape index (κ3) is 11.4. The summed E-state index contributed by atoms with van der Waals surface area (Å²) in [7, 11) is 13.8. The molecule has 56 heteroatoms. The highest BCUT2D eigenvalue weighted by Gasteiger charge is 2.91. The third-order valence-electron chi connectivity index (χ3n) is 12.9. The van der Waals surface area contributed by atoms with E-state index in [2.05, 4.69) is 0 Å². The number of carbonyl (C=O) groups is 4. The molecule has 10 aliphatic rings. The van der Waals surface area contributed by atoms with Gasteiger partial charge >= 0.3 is 0 Å². The second kappa shape index (κ2) is 24.3. The van der Waals surface area contributed by atoms with Crippen LogP contribution in [0.2, 0.25) is 0 Å². The van der Waals surface area contributed by atoms with Crippen LogP contribution in [-0.4, -0.2) is 294 Å². The molecule has 56 nitrogen and oxygen atoms in total. The standard InChI is InChI=1S/2C6H6N12O12.4C4H9NO/c2*19-13(20)7-1-2-8(14(21)22)5(7)6-9(15(23)24)3(11(1)17(27)28)4(10(6)16(25)26)12(2)18(29)30;4*1-4(6)5(2)3/h2*1-6H;4*1-3H3/t2*1-,2+,3+,4-,5?,6?;;;;. The molecule has 0 unspecified atom stereocenters. The molecule has 0 aromatic heterocycles. The van der Waals surface area contributed by atoms with Crippen molar-refractivity contribution in [2.45, 2.75) is 102 Å². The number of amides is 4. The molecule has 10 aliphatic heterocycles. The largest absolute Gasteiger partial charge is 0.349 e. The lowest BCUT2D eigenvalue weighted by Gasteiger charge is -2.39. The molecule has 0 aromatic carbocycles. The Bertz CT molecular complexity index is 2290. The Kier molecular flexibility index (Phi) is 19.3. The lowest BCUT2D eigenvalue weighted by molar-refractivity contribution is -0.792. The van der Waals surface area contributed by atoms with Crippen LogP contribution in [0.15, 0.2) is 0 Å². The number of piperazine rings is 2. The fourth-order valence-electron chi connectivity index (χ4n) is 8.93. The molecule has 0 saturated carbocycles. The van der Waals surface area contributed by atoms with E-state index in [9.17, 15) is 141 Å². The zero-order valence-corrected chi connectivity index (χ0v) is 44.9. The first-order chi connectivity index (χ1) is 38.4. The first-order valence-corrected chi connectivity index (χ1v) is 22.3. The SMILES string of the molecule is CC(=O)N(C)C.CC(=O)N(C)C.CC(=O)N(C)C.CC(=O)N(C)C.O=[N+]([O-])N1C2C3N([N+](=O)[O-])[C@H]4[C@@H](N3[N+](=O)[O-])N([N+](=O)[O-])[C@@H]1[C@@H](N2[N+](=O)[O-])N4[N+](=O)[O-].O=[N+]([O-])N1C2C3N([N+](=O)[O-])[C@H]4[C@@H](N3[N+](=O)[O-])N([N+](=O)[O-])[C@@H]1[C@@H](N2[N+](=O)[O-])N4[N+](=O)[O-]. The summed E-state index contributed by atoms with van der Waals surface area (Å²) in [6.07, 6.45) is -28.8. The van der Waals surface area contributed by atoms with E-state index in [0.717, 1.165) is 0 Å². The monoisotopic (exact) mass is 1220 g/mol. The average Bonchev–Trinajstić information content (AvgIpc) is 1.60. The van der Waals surface area contributed by atoms with Crippen molar-refractivity contribution in [3.63, 3.8) is 0 Å². The second-order valence-corrected chi connectivity index (χ2v) is 18.0. The summed E-state index contributed by atoms with van der Waals surface area (Å²) in [6, 6.07) is 0. The number of hydrogen-bond donors (Lipinski definition) is 0. The molecule has 0 spiro atoms. The van der Waals surface area contributed by atoms with Gasteiger partial charge in [0.1, 0.15) is 0 Å². The molecule has 0 N–H and O–H groups in total. The van der Waals surface area contributed by atoms with Gasteiger partial charge in [-0.15, -0.1) is 0 Å². The average molecular weight is 1220 g/mol. The van der Waals surface area contributed by atoms with Gasteiger partial charge in [-0.2, -0.15) is 0 Å². The van der Waals surface area contributed by atoms with Crippen LogP contribution in [0.25, 0.3) is 0 Å². The molecule has 0 aromatic rings. The number of rotatable bonds is 12. The Morgan fingerprint density at radius 3 is 0.286 bits per heavy atom. The van der Waals surface area contributed by atoms with Crippen LogP contribution in [0.5, 0.6) is 0 Å². The summed E-state index contributed by atoms with van der Waals surface area (Å²) >= 11 is 0. The molecule has 4 amide bonds. The molecule has 468 valence electrons. The van der Waals surface area contributed by atoms with E-state index >= 15 is 0 Å². The van der Waals surface area contributed by atoms with Crippen molar-refractivity contribution in [2.24, 2.45) is 0 Å². The predicted molar refractivity (Wildman–Crippen MR) is 249 cm³/mol. The van der Waals surface area contributed by atoms with Crippen molar-refractivity contribution in [1.29, 1.82) is 0 Å². The Balaban J connectivity index is 0.000000318. The van der Waals surface area contributed by atoms with Gasteiger partial charge in [0.05, 0.1) is 0 Å². The van der Waals surface area contributed by atoms with Gasteiger partial charge in [-0.05, 0) is 0 Å². The molecule has 10 heterocycles. The van der Waals surface area contributed by atoms with E-state index in [4.69, 9.17) is 0 Å². The second-order valence-electron chi connectivity index (χ2n) is 18.0. The molecule has 10 fully saturated rings. The molecular weight excluding hydrogens is 1180 g/mol. The van der Waals surface area contributed by atoms with Crippen LogP contribution in [-0.2, 0) is 19.2 Å². The Hall–Kier alpha value is -11.7. The van der Waals surface area contributed by atoms with Gasteiger partial charge in [0.2, 0.25) is 23.6 Å². The number of hydrogen-bond acceptors (Lipinski definition) is 28. The Labute approximate surface area is 462 Å². The molecule has 0 atom stereocenters. The highest BCUT2D eigenvalue weighted by Crippen LogP contribution is 2.53. The van der Waals surface area contributed by atoms with Crippen molar-refractivity contribution in [2.75, 3.05) is 56.4 Å². The van der Waals surface area contributed by atoms with E-state index in [0.29, 0.717) is 0 Å². The van der Waals surface area contributed by atoms with Gasteiger partial charge in [0, 0.05) is 84.1 Å². The number of carbonyl (C=O) groups excluding carboxylic acids is 4. The molecule has 0 aliphatic carbocycles. The van der Waals surface area contributed by atoms with E-state index in [-0.39, 0.29) is 83.7 Å². The highest BCUT2D eigenvalue weighted by molar-refractivity contribution is 5.73. The zero-order valence-electron chi connectivity index (χ0n) is 44.9. The molecular formula is C28H48N28O28. The van der Waals surface area contributed by atoms with Gasteiger partial charge in [0.15, 0.2) is 60.4 Å². The lowest BCUT2D eigenvalue weighted by atomic mass is 10.2. The van der Waals surface area contributed by atoms with Crippen molar-refractivity contribution < 1.29 is 79.6 Å². The van der Waals surface area contributed by atoms with Gasteiger partial charge in [0.25, 0.3) is 74.0 Å². The number of nitro groups is 12. The maximum absolute atomic E-state index is 11.7. The van der Waals surface area contributed by atoms with Crippen molar-refractivity contribution >= 4 is 23.6 Å². The zero-order chi connectivity index (χ0) is 65.4. The fourth-order valence-corrected chi connectivity index (χ4v) is 8.93. The van der Waals surface area contributed by atoms with E-state index in [1.54, 1.807) is 56.4 Å². The molecule has 84 heavy (non-hydrogen) atoms. The van der Waals surface area contributed by atoms with Gasteiger partial charge in [-0.3, -0.25) is 19.2 Å². The summed E-state index contributed by atoms with van der Waals surface area (Å²) in [5.74, 6) is 0.370. The number of nitrogens with zero attached hydrogens (tertiary/aromatic N) is 28. The highest BCUT2D eigenvalue weighted by atomic mass is 16.8. The van der Waals surface area contributed by atoms with Gasteiger partial charge in [-0.25, -0.2) is 121 Å². The van der Waals surface area contributed by atoms with Crippen molar-refractivity contribution in [3.05, 3.63) is 121 Å². The minimum Gasteiger partial charge on any atom is -0.349 e. The van der Waals surface area contributed by atoms with E-state index < -0.39 is 134 Å². The van der Waals surface area contributed by atoms with E-state index in [1.807, 2.05) is 0 Å². The minimum absolute atomic E-state index is 0.0926. The normalized spacial score (nSPS) is 26.0. The number of hydrazine groups is 12. The van der Waals surface area contributed by atoms with Crippen LogP contribution in [0.1, 0.15) is 27.7 Å². The third-order valence-corrected chi connectivity index (χ3v) is 12.9. The molecule has 12 bridgehead atoms. The first-order valence-electron chi connectivity index (χ1n) is 22.3. The molecule has 10 saturated heterocycles. The summed E-state index contributed by atoms with van der Waals surface area (Å²) < 4.78 is 0. The Morgan fingerprint density at radius 2 is 0.262 bits per heavy atom. The predicted octanol–water partition coefficient (Wildman–Crippen LogP) is -7.70. The first kappa shape index (κ1) is 66.6. The fraction of sp³-hybridized carbons (Fsp3) is 0.857. The van der Waals surface area contributed by atoms with Crippen molar-refractivity contribution in [3.8, 4) is 0 Å². The maximum atomic E-state index is 11.7. The van der Waals surface area contributed by atoms with Gasteiger partial charge in [-0.1, -0.05) is 60.1 Å². The van der Waals surface area contributed by atoms with Crippen molar-refractivity contribution in [1.82, 2.24) is 79.7 Å². The smallest absolute Gasteiger partial charge is 0.272 e. The lowest BCUT2D eigenvalue weighted by Crippen LogP contribution is -2.77. The molecule has 0 radical (unpaired) electrons. The van der Waals surface area contributed by atoms with Gasteiger partial charge < -0.3 is 19.6 Å². The quantitative estimate of drug-likeness (QED) is 0.129.